The number of benzene rings is 3. The van der Waals surface area contributed by atoms with E-state index in [4.69, 9.17) is 21.1 Å². The van der Waals surface area contributed by atoms with Gasteiger partial charge in [0.25, 0.3) is 10.0 Å². The van der Waals surface area contributed by atoms with Crippen LogP contribution in [-0.2, 0) is 26.2 Å². The smallest absolute Gasteiger partial charge is 0.264 e. The lowest BCUT2D eigenvalue weighted by atomic mass is 10.1. The molecule has 41 heavy (non-hydrogen) atoms. The van der Waals surface area contributed by atoms with Gasteiger partial charge in [0.2, 0.25) is 11.8 Å². The summed E-state index contributed by atoms with van der Waals surface area (Å²) in [4.78, 5) is 28.4. The van der Waals surface area contributed by atoms with Gasteiger partial charge in [-0.15, -0.1) is 0 Å². The van der Waals surface area contributed by atoms with E-state index in [1.807, 2.05) is 19.9 Å². The van der Waals surface area contributed by atoms with E-state index in [0.717, 1.165) is 16.3 Å². The molecular weight excluding hydrogens is 566 g/mol. The Bertz CT molecular complexity index is 1460. The first kappa shape index (κ1) is 31.8. The molecule has 9 nitrogen and oxygen atoms in total. The van der Waals surface area contributed by atoms with Crippen LogP contribution < -0.4 is 19.1 Å². The van der Waals surface area contributed by atoms with E-state index in [1.165, 1.54) is 49.5 Å². The van der Waals surface area contributed by atoms with Crippen LogP contribution >= 0.6 is 11.6 Å². The highest BCUT2D eigenvalue weighted by atomic mass is 35.5. The molecule has 220 valence electrons. The molecule has 3 rings (SSSR count). The monoisotopic (exact) mass is 601 g/mol. The van der Waals surface area contributed by atoms with Crippen LogP contribution in [0.25, 0.3) is 0 Å². The van der Waals surface area contributed by atoms with E-state index >= 15 is 0 Å². The lowest BCUT2D eigenvalue weighted by Crippen LogP contribution is -2.51. The van der Waals surface area contributed by atoms with Crippen molar-refractivity contribution in [2.45, 2.75) is 44.7 Å². The zero-order chi connectivity index (χ0) is 30.2. The van der Waals surface area contributed by atoms with Gasteiger partial charge in [0, 0.05) is 13.1 Å². The van der Waals surface area contributed by atoms with Gasteiger partial charge in [-0.2, -0.15) is 0 Å². The molecule has 0 radical (unpaired) electrons. The highest BCUT2D eigenvalue weighted by Gasteiger charge is 2.33. The summed E-state index contributed by atoms with van der Waals surface area (Å²) in [5, 5.41) is 3.00. The van der Waals surface area contributed by atoms with Crippen molar-refractivity contribution >= 4 is 39.1 Å². The quantitative estimate of drug-likeness (QED) is 0.302. The fourth-order valence-corrected chi connectivity index (χ4v) is 5.78. The van der Waals surface area contributed by atoms with Crippen LogP contribution in [-0.4, -0.2) is 58.5 Å². The van der Waals surface area contributed by atoms with Crippen molar-refractivity contribution < 1.29 is 27.5 Å². The Hall–Kier alpha value is -3.76. The second kappa shape index (κ2) is 14.2. The molecule has 0 bridgehead atoms. The average Bonchev–Trinajstić information content (AvgIpc) is 2.97. The fourth-order valence-electron chi connectivity index (χ4n) is 4.12. The number of amides is 2. The maximum atomic E-state index is 14.0. The molecular formula is C30H36ClN3O6S. The molecule has 0 aliphatic heterocycles. The number of methoxy groups -OCH3 is 2. The van der Waals surface area contributed by atoms with E-state index in [2.05, 4.69) is 5.32 Å². The number of sulfonamides is 1. The van der Waals surface area contributed by atoms with Crippen LogP contribution in [0.1, 0.15) is 31.4 Å². The third kappa shape index (κ3) is 7.92. The molecule has 0 heterocycles. The highest BCUT2D eigenvalue weighted by molar-refractivity contribution is 7.92. The van der Waals surface area contributed by atoms with Gasteiger partial charge in [-0.1, -0.05) is 48.4 Å². The predicted molar refractivity (Wildman–Crippen MR) is 160 cm³/mol. The summed E-state index contributed by atoms with van der Waals surface area (Å²) in [7, 11) is -1.22. The molecule has 3 aromatic carbocycles. The first-order chi connectivity index (χ1) is 19.5. The Morgan fingerprint density at radius 3 is 2.32 bits per heavy atom. The third-order valence-electron chi connectivity index (χ3n) is 6.51. The molecule has 0 aliphatic rings. The van der Waals surface area contributed by atoms with Crippen molar-refractivity contribution in [3.8, 4) is 11.5 Å². The average molecular weight is 602 g/mol. The lowest BCUT2D eigenvalue weighted by Gasteiger charge is -2.32. The Balaban J connectivity index is 2.06. The number of nitrogens with one attached hydrogen (secondary N) is 1. The van der Waals surface area contributed by atoms with Crippen LogP contribution in [0.2, 0.25) is 5.02 Å². The largest absolute Gasteiger partial charge is 0.497 e. The van der Waals surface area contributed by atoms with E-state index < -0.39 is 28.5 Å². The summed E-state index contributed by atoms with van der Waals surface area (Å²) in [5.74, 6) is 0.0304. The van der Waals surface area contributed by atoms with Crippen LogP contribution in [0, 0.1) is 6.92 Å². The molecule has 0 saturated heterocycles. The summed E-state index contributed by atoms with van der Waals surface area (Å²) in [6.45, 7) is 5.32. The van der Waals surface area contributed by atoms with Gasteiger partial charge < -0.3 is 19.7 Å². The van der Waals surface area contributed by atoms with Gasteiger partial charge in [0.05, 0.1) is 29.8 Å². The number of carbonyl (C=O) groups is 2. The minimum atomic E-state index is -4.21. The molecule has 1 atom stereocenters. The van der Waals surface area contributed by atoms with Crippen LogP contribution in [0.3, 0.4) is 0 Å². The summed E-state index contributed by atoms with van der Waals surface area (Å²) >= 11 is 6.36. The number of rotatable bonds is 13. The number of carbonyl (C=O) groups excluding carboxylic acids is 2. The number of halogens is 1. The molecule has 0 aliphatic carbocycles. The first-order valence-corrected chi connectivity index (χ1v) is 15.0. The Kier molecular flexibility index (Phi) is 11.0. The number of hydrogen-bond donors (Lipinski definition) is 1. The Morgan fingerprint density at radius 1 is 1.00 bits per heavy atom. The summed E-state index contributed by atoms with van der Waals surface area (Å²) < 4.78 is 39.4. The van der Waals surface area contributed by atoms with Gasteiger partial charge in [0.1, 0.15) is 24.1 Å². The first-order valence-electron chi connectivity index (χ1n) is 13.1. The summed E-state index contributed by atoms with van der Waals surface area (Å²) in [5.41, 5.74) is 1.78. The van der Waals surface area contributed by atoms with Crippen molar-refractivity contribution in [2.75, 3.05) is 31.6 Å². The molecule has 3 aromatic rings. The Morgan fingerprint density at radius 2 is 1.71 bits per heavy atom. The van der Waals surface area contributed by atoms with Crippen molar-refractivity contribution in [3.63, 3.8) is 0 Å². The van der Waals surface area contributed by atoms with Crippen LogP contribution in [0.4, 0.5) is 5.69 Å². The minimum Gasteiger partial charge on any atom is -0.497 e. The van der Waals surface area contributed by atoms with Gasteiger partial charge >= 0.3 is 0 Å². The summed E-state index contributed by atoms with van der Waals surface area (Å²) in [6, 6.07) is 17.1. The van der Waals surface area contributed by atoms with Gasteiger partial charge in [-0.05, 0) is 68.3 Å². The second-order valence-corrected chi connectivity index (χ2v) is 11.8. The lowest BCUT2D eigenvalue weighted by molar-refractivity contribution is -0.139. The van der Waals surface area contributed by atoms with Gasteiger partial charge in [-0.3, -0.25) is 13.9 Å². The van der Waals surface area contributed by atoms with Crippen LogP contribution in [0.15, 0.2) is 71.6 Å². The number of aryl methyl sites for hydroxylation is 1. The van der Waals surface area contributed by atoms with Crippen molar-refractivity contribution in [1.29, 1.82) is 0 Å². The van der Waals surface area contributed by atoms with E-state index in [0.29, 0.717) is 23.6 Å². The standard InChI is InChI=1S/C30H36ClN3O6S/c1-6-16-32-30(36)22(3)33(19-23-8-7-9-25(17-23)39-4)29(35)20-34(24-12-15-28(40-5)27(31)18-24)41(37,38)26-13-10-21(2)11-14-26/h7-15,17-18,22H,6,16,19-20H2,1-5H3,(H,32,36). The number of nitrogens with zero attached hydrogens (tertiary/aromatic N) is 2. The molecule has 0 spiro atoms. The highest BCUT2D eigenvalue weighted by Crippen LogP contribution is 2.32. The molecule has 0 fully saturated rings. The molecule has 0 saturated carbocycles. The van der Waals surface area contributed by atoms with E-state index in [9.17, 15) is 18.0 Å². The molecule has 1 unspecified atom stereocenters. The minimum absolute atomic E-state index is 0.0101. The van der Waals surface area contributed by atoms with Crippen molar-refractivity contribution in [1.82, 2.24) is 10.2 Å². The number of anilines is 1. The maximum absolute atomic E-state index is 14.0. The van der Waals surface area contributed by atoms with Crippen molar-refractivity contribution in [3.05, 3.63) is 82.9 Å². The second-order valence-electron chi connectivity index (χ2n) is 9.48. The predicted octanol–water partition coefficient (Wildman–Crippen LogP) is 4.80. The SMILES string of the molecule is CCCNC(=O)C(C)N(Cc1cccc(OC)c1)C(=O)CN(c1ccc(OC)c(Cl)c1)S(=O)(=O)c1ccc(C)cc1. The third-order valence-corrected chi connectivity index (χ3v) is 8.60. The normalized spacial score (nSPS) is 11.9. The molecule has 1 N–H and O–H groups in total. The topological polar surface area (TPSA) is 105 Å². The Labute approximate surface area is 247 Å². The zero-order valence-electron chi connectivity index (χ0n) is 23.9. The summed E-state index contributed by atoms with van der Waals surface area (Å²) in [6.07, 6.45) is 0.725. The van der Waals surface area contributed by atoms with Crippen molar-refractivity contribution in [2.24, 2.45) is 0 Å². The number of ether oxygens (including phenoxy) is 2. The molecule has 11 heteroatoms. The van der Waals surface area contributed by atoms with Gasteiger partial charge in [0.15, 0.2) is 0 Å². The van der Waals surface area contributed by atoms with Gasteiger partial charge in [-0.25, -0.2) is 8.42 Å². The molecule has 0 aromatic heterocycles. The van der Waals surface area contributed by atoms with E-state index in [1.54, 1.807) is 37.3 Å². The zero-order valence-corrected chi connectivity index (χ0v) is 25.5. The number of hydrogen-bond acceptors (Lipinski definition) is 6. The van der Waals surface area contributed by atoms with E-state index in [-0.39, 0.29) is 28.1 Å². The fraction of sp³-hybridized carbons (Fsp3) is 0.333. The maximum Gasteiger partial charge on any atom is 0.264 e. The van der Waals surface area contributed by atoms with Crippen LogP contribution in [0.5, 0.6) is 11.5 Å². The molecule has 2 amide bonds.